The molecular weight excluding hydrogens is 398 g/mol. The van der Waals surface area contributed by atoms with Crippen molar-refractivity contribution in [1.82, 2.24) is 15.5 Å². The topological polar surface area (TPSA) is 123 Å². The van der Waals surface area contributed by atoms with Crippen LogP contribution in [0.3, 0.4) is 0 Å². The van der Waals surface area contributed by atoms with E-state index in [-0.39, 0.29) is 24.6 Å². The summed E-state index contributed by atoms with van der Waals surface area (Å²) < 4.78 is 5.18. The van der Waals surface area contributed by atoms with Gasteiger partial charge in [-0.05, 0) is 30.3 Å². The number of nitrogens with zero attached hydrogens (tertiary/aromatic N) is 3. The first-order chi connectivity index (χ1) is 14.0. The van der Waals surface area contributed by atoms with Crippen LogP contribution in [0.1, 0.15) is 12.3 Å². The maximum absolute atomic E-state index is 11.9. The van der Waals surface area contributed by atoms with Gasteiger partial charge in [0.15, 0.2) is 0 Å². The molecule has 29 heavy (non-hydrogen) atoms. The Morgan fingerprint density at radius 2 is 1.90 bits per heavy atom. The van der Waals surface area contributed by atoms with Gasteiger partial charge in [-0.3, -0.25) is 14.9 Å². The quantitative estimate of drug-likeness (QED) is 0.405. The highest BCUT2D eigenvalue weighted by Gasteiger charge is 2.12. The number of anilines is 1. The molecule has 2 aromatic carbocycles. The highest BCUT2D eigenvalue weighted by atomic mass is 35.5. The minimum Gasteiger partial charge on any atom is -0.379 e. The van der Waals surface area contributed by atoms with Crippen molar-refractivity contribution in [3.05, 3.63) is 69.6 Å². The lowest BCUT2D eigenvalue weighted by atomic mass is 10.2. The lowest BCUT2D eigenvalue weighted by Gasteiger charge is -2.07. The molecule has 3 aromatic rings. The van der Waals surface area contributed by atoms with E-state index in [4.69, 9.17) is 16.1 Å². The maximum Gasteiger partial charge on any atom is 0.292 e. The van der Waals surface area contributed by atoms with Gasteiger partial charge in [-0.2, -0.15) is 4.98 Å². The first kappa shape index (κ1) is 20.3. The minimum atomic E-state index is -0.467. The Kier molecular flexibility index (Phi) is 6.75. The van der Waals surface area contributed by atoms with E-state index in [0.29, 0.717) is 35.4 Å². The van der Waals surface area contributed by atoms with E-state index in [2.05, 4.69) is 20.8 Å². The lowest BCUT2D eigenvalue weighted by Crippen LogP contribution is -2.27. The number of nitro groups is 1. The zero-order valence-electron chi connectivity index (χ0n) is 15.3. The van der Waals surface area contributed by atoms with Crippen molar-refractivity contribution in [3.63, 3.8) is 0 Å². The molecule has 0 aliphatic heterocycles. The molecule has 10 heteroatoms. The molecule has 0 saturated carbocycles. The molecule has 0 fully saturated rings. The first-order valence-corrected chi connectivity index (χ1v) is 9.23. The number of nitro benzene ring substituents is 1. The molecule has 1 heterocycles. The molecule has 0 aliphatic carbocycles. The van der Waals surface area contributed by atoms with E-state index in [1.807, 2.05) is 0 Å². The van der Waals surface area contributed by atoms with Gasteiger partial charge in [0.05, 0.1) is 4.92 Å². The minimum absolute atomic E-state index is 0.0270. The van der Waals surface area contributed by atoms with Crippen LogP contribution in [0, 0.1) is 10.1 Å². The summed E-state index contributed by atoms with van der Waals surface area (Å²) in [6.45, 7) is 0.616. The van der Waals surface area contributed by atoms with E-state index >= 15 is 0 Å². The largest absolute Gasteiger partial charge is 0.379 e. The third kappa shape index (κ3) is 5.76. The Morgan fingerprint density at radius 1 is 1.14 bits per heavy atom. The Labute approximate surface area is 171 Å². The van der Waals surface area contributed by atoms with Crippen LogP contribution in [-0.2, 0) is 11.2 Å². The van der Waals surface area contributed by atoms with E-state index in [1.165, 1.54) is 6.07 Å². The van der Waals surface area contributed by atoms with Crippen molar-refractivity contribution < 1.29 is 14.2 Å². The fourth-order valence-corrected chi connectivity index (χ4v) is 2.69. The summed E-state index contributed by atoms with van der Waals surface area (Å²) in [5, 5.41) is 21.2. The van der Waals surface area contributed by atoms with Crippen molar-refractivity contribution >= 4 is 28.9 Å². The summed E-state index contributed by atoms with van der Waals surface area (Å²) in [7, 11) is 0. The zero-order chi connectivity index (χ0) is 20.6. The molecule has 0 bridgehead atoms. The van der Waals surface area contributed by atoms with Gasteiger partial charge in [-0.25, -0.2) is 0 Å². The van der Waals surface area contributed by atoms with Gasteiger partial charge < -0.3 is 15.2 Å². The monoisotopic (exact) mass is 415 g/mol. The summed E-state index contributed by atoms with van der Waals surface area (Å²) >= 11 is 5.86. The van der Waals surface area contributed by atoms with Crippen molar-refractivity contribution in [3.8, 4) is 11.4 Å². The molecule has 0 saturated heterocycles. The number of amides is 1. The fourth-order valence-electron chi connectivity index (χ4n) is 2.56. The number of para-hydroxylation sites is 2. The molecule has 0 spiro atoms. The van der Waals surface area contributed by atoms with E-state index in [1.54, 1.807) is 42.5 Å². The van der Waals surface area contributed by atoms with Crippen LogP contribution >= 0.6 is 11.6 Å². The van der Waals surface area contributed by atoms with Crippen molar-refractivity contribution in [2.75, 3.05) is 18.4 Å². The normalized spacial score (nSPS) is 10.5. The zero-order valence-corrected chi connectivity index (χ0v) is 16.1. The van der Waals surface area contributed by atoms with Crippen LogP contribution in [0.2, 0.25) is 5.02 Å². The number of carbonyl (C=O) groups is 1. The lowest BCUT2D eigenvalue weighted by molar-refractivity contribution is -0.384. The molecule has 0 radical (unpaired) electrons. The predicted octanol–water partition coefficient (Wildman–Crippen LogP) is 3.46. The second-order valence-corrected chi connectivity index (χ2v) is 6.51. The second kappa shape index (κ2) is 9.65. The summed E-state index contributed by atoms with van der Waals surface area (Å²) in [5.74, 6) is 0.679. The number of hydrogen-bond donors (Lipinski definition) is 2. The van der Waals surface area contributed by atoms with Crippen LogP contribution in [-0.4, -0.2) is 34.1 Å². The molecule has 1 amide bonds. The van der Waals surface area contributed by atoms with Gasteiger partial charge in [0.1, 0.15) is 5.69 Å². The van der Waals surface area contributed by atoms with Crippen molar-refractivity contribution in [1.29, 1.82) is 0 Å². The van der Waals surface area contributed by atoms with E-state index < -0.39 is 4.92 Å². The summed E-state index contributed by atoms with van der Waals surface area (Å²) in [4.78, 5) is 26.7. The smallest absolute Gasteiger partial charge is 0.292 e. The second-order valence-electron chi connectivity index (χ2n) is 6.07. The molecule has 0 aliphatic rings. The number of carbonyl (C=O) groups excluding carboxylic acids is 1. The molecule has 150 valence electrons. The number of nitrogens with one attached hydrogen (secondary N) is 2. The third-order valence-electron chi connectivity index (χ3n) is 4.00. The van der Waals surface area contributed by atoms with Crippen LogP contribution in [0.5, 0.6) is 0 Å². The van der Waals surface area contributed by atoms with Crippen LogP contribution < -0.4 is 10.6 Å². The third-order valence-corrected chi connectivity index (χ3v) is 4.25. The summed E-state index contributed by atoms with van der Waals surface area (Å²) in [6, 6.07) is 13.4. The van der Waals surface area contributed by atoms with Gasteiger partial charge >= 0.3 is 0 Å². The average molecular weight is 416 g/mol. The number of benzene rings is 2. The molecular formula is C19H18ClN5O4. The Hall–Kier alpha value is -3.46. The number of rotatable bonds is 9. The Balaban J connectivity index is 1.40. The van der Waals surface area contributed by atoms with Gasteiger partial charge in [0.25, 0.3) is 5.69 Å². The van der Waals surface area contributed by atoms with Crippen molar-refractivity contribution in [2.24, 2.45) is 0 Å². The predicted molar refractivity (Wildman–Crippen MR) is 108 cm³/mol. The number of hydrogen-bond acceptors (Lipinski definition) is 7. The molecule has 0 unspecified atom stereocenters. The molecule has 0 atom stereocenters. The highest BCUT2D eigenvalue weighted by molar-refractivity contribution is 6.30. The molecule has 1 aromatic heterocycles. The van der Waals surface area contributed by atoms with Crippen molar-refractivity contribution in [2.45, 2.75) is 12.8 Å². The maximum atomic E-state index is 11.9. The van der Waals surface area contributed by atoms with E-state index in [9.17, 15) is 14.9 Å². The highest BCUT2D eigenvalue weighted by Crippen LogP contribution is 2.23. The van der Waals surface area contributed by atoms with Gasteiger partial charge in [-0.15, -0.1) is 0 Å². The van der Waals surface area contributed by atoms with Crippen LogP contribution in [0.25, 0.3) is 11.4 Å². The van der Waals surface area contributed by atoms with Crippen LogP contribution in [0.4, 0.5) is 11.4 Å². The van der Waals surface area contributed by atoms with Gasteiger partial charge in [-0.1, -0.05) is 28.9 Å². The van der Waals surface area contributed by atoms with E-state index in [0.717, 1.165) is 5.56 Å². The average Bonchev–Trinajstić information content (AvgIpc) is 3.17. The molecule has 3 rings (SSSR count). The standard InChI is InChI=1S/C19H18ClN5O4/c20-14-7-5-13(6-8-14)19-23-18(29-24-19)10-12-22-17(26)9-11-21-15-3-1-2-4-16(15)25(27)28/h1-8,21H,9-12H2,(H,22,26). The number of halogens is 1. The summed E-state index contributed by atoms with van der Waals surface area (Å²) in [6.07, 6.45) is 0.565. The molecule has 2 N–H and O–H groups in total. The van der Waals surface area contributed by atoms with Gasteiger partial charge in [0.2, 0.25) is 17.6 Å². The number of aromatic nitrogens is 2. The summed E-state index contributed by atoms with van der Waals surface area (Å²) in [5.41, 5.74) is 1.14. The molecule has 9 nitrogen and oxygen atoms in total. The Morgan fingerprint density at radius 3 is 2.66 bits per heavy atom. The SMILES string of the molecule is O=C(CCNc1ccccc1[N+](=O)[O-])NCCc1nc(-c2ccc(Cl)cc2)no1. The fraction of sp³-hybridized carbons (Fsp3) is 0.211. The first-order valence-electron chi connectivity index (χ1n) is 8.85. The van der Waals surface area contributed by atoms with Crippen LogP contribution in [0.15, 0.2) is 53.1 Å². The van der Waals surface area contributed by atoms with Gasteiger partial charge in [0, 0.05) is 42.6 Å². The Bertz CT molecular complexity index is 990.